The van der Waals surface area contributed by atoms with Gasteiger partial charge >= 0.3 is 12.1 Å². The number of ether oxygens (including phenoxy) is 2. The van der Waals surface area contributed by atoms with Crippen LogP contribution in [0.25, 0.3) is 0 Å². The summed E-state index contributed by atoms with van der Waals surface area (Å²) >= 11 is 0. The van der Waals surface area contributed by atoms with Gasteiger partial charge in [0.1, 0.15) is 0 Å². The SMILES string of the molecule is CN(CCc1ccccn1)C(=O)OCOC(=O)C(C)(C)C. The molecule has 6 nitrogen and oxygen atoms in total. The maximum absolute atomic E-state index is 11.7. The van der Waals surface area contributed by atoms with Crippen molar-refractivity contribution in [3.8, 4) is 0 Å². The van der Waals surface area contributed by atoms with Crippen LogP contribution >= 0.6 is 0 Å². The maximum Gasteiger partial charge on any atom is 0.412 e. The Bertz CT molecular complexity index is 468. The first kappa shape index (κ1) is 16.9. The smallest absolute Gasteiger partial charge is 0.412 e. The van der Waals surface area contributed by atoms with Gasteiger partial charge in [-0.25, -0.2) is 4.79 Å². The summed E-state index contributed by atoms with van der Waals surface area (Å²) in [7, 11) is 1.62. The van der Waals surface area contributed by atoms with Crippen molar-refractivity contribution in [2.24, 2.45) is 5.41 Å². The molecule has 1 aromatic rings. The third-order valence-electron chi connectivity index (χ3n) is 2.73. The van der Waals surface area contributed by atoms with Crippen LogP contribution in [0.4, 0.5) is 4.79 Å². The molecule has 1 heterocycles. The lowest BCUT2D eigenvalue weighted by molar-refractivity contribution is -0.161. The molecule has 1 amide bonds. The lowest BCUT2D eigenvalue weighted by atomic mass is 9.98. The Hall–Kier alpha value is -2.11. The zero-order chi connectivity index (χ0) is 15.9. The van der Waals surface area contributed by atoms with E-state index in [1.54, 1.807) is 34.0 Å². The Kier molecular flexibility index (Phi) is 6.14. The summed E-state index contributed by atoms with van der Waals surface area (Å²) in [4.78, 5) is 28.8. The number of nitrogens with zero attached hydrogens (tertiary/aromatic N) is 2. The summed E-state index contributed by atoms with van der Waals surface area (Å²) in [5.41, 5.74) is 0.286. The average molecular weight is 294 g/mol. The molecule has 0 atom stereocenters. The fourth-order valence-corrected chi connectivity index (χ4v) is 1.38. The first-order chi connectivity index (χ1) is 9.80. The summed E-state index contributed by atoms with van der Waals surface area (Å²) in [5, 5.41) is 0. The lowest BCUT2D eigenvalue weighted by Gasteiger charge is -2.19. The molecule has 0 bridgehead atoms. The van der Waals surface area contributed by atoms with Crippen molar-refractivity contribution in [1.29, 1.82) is 0 Å². The van der Waals surface area contributed by atoms with Crippen LogP contribution in [0.3, 0.4) is 0 Å². The normalized spacial score (nSPS) is 10.9. The van der Waals surface area contributed by atoms with Crippen LogP contribution < -0.4 is 0 Å². The highest BCUT2D eigenvalue weighted by Crippen LogP contribution is 2.14. The third kappa shape index (κ3) is 6.25. The number of hydrogen-bond acceptors (Lipinski definition) is 5. The van der Waals surface area contributed by atoms with Gasteiger partial charge in [0.15, 0.2) is 0 Å². The Morgan fingerprint density at radius 2 is 1.95 bits per heavy atom. The predicted octanol–water partition coefficient (Wildman–Crippen LogP) is 2.24. The van der Waals surface area contributed by atoms with E-state index in [1.165, 1.54) is 4.90 Å². The van der Waals surface area contributed by atoms with E-state index in [-0.39, 0.29) is 6.79 Å². The second-order valence-electron chi connectivity index (χ2n) is 5.70. The van der Waals surface area contributed by atoms with E-state index in [0.717, 1.165) is 5.69 Å². The highest BCUT2D eigenvalue weighted by atomic mass is 16.7. The van der Waals surface area contributed by atoms with Gasteiger partial charge in [-0.05, 0) is 32.9 Å². The molecule has 0 fully saturated rings. The Morgan fingerprint density at radius 3 is 2.52 bits per heavy atom. The average Bonchev–Trinajstić information content (AvgIpc) is 2.44. The molecule has 6 heteroatoms. The van der Waals surface area contributed by atoms with Crippen molar-refractivity contribution < 1.29 is 19.1 Å². The minimum Gasteiger partial charge on any atom is -0.427 e. The molecule has 1 aromatic heterocycles. The quantitative estimate of drug-likeness (QED) is 0.615. The topological polar surface area (TPSA) is 68.7 Å². The van der Waals surface area contributed by atoms with E-state index < -0.39 is 17.5 Å². The van der Waals surface area contributed by atoms with Gasteiger partial charge in [0.05, 0.1) is 5.41 Å². The number of rotatable bonds is 5. The molecule has 0 radical (unpaired) electrons. The van der Waals surface area contributed by atoms with Gasteiger partial charge in [0.2, 0.25) is 6.79 Å². The Balaban J connectivity index is 2.27. The summed E-state index contributed by atoms with van der Waals surface area (Å²) in [6.07, 6.45) is 1.81. The van der Waals surface area contributed by atoms with Gasteiger partial charge in [0.25, 0.3) is 0 Å². The van der Waals surface area contributed by atoms with Crippen molar-refractivity contribution >= 4 is 12.1 Å². The van der Waals surface area contributed by atoms with Crippen LogP contribution in [-0.4, -0.2) is 42.3 Å². The molecular weight excluding hydrogens is 272 g/mol. The van der Waals surface area contributed by atoms with Crippen molar-refractivity contribution in [3.05, 3.63) is 30.1 Å². The van der Waals surface area contributed by atoms with E-state index in [4.69, 9.17) is 9.47 Å². The van der Waals surface area contributed by atoms with Crippen LogP contribution in [0, 0.1) is 5.41 Å². The summed E-state index contributed by atoms with van der Waals surface area (Å²) in [6.45, 7) is 5.30. The Labute approximate surface area is 125 Å². The minimum atomic E-state index is -0.614. The molecule has 0 aliphatic rings. The fourth-order valence-electron chi connectivity index (χ4n) is 1.38. The first-order valence-corrected chi connectivity index (χ1v) is 6.75. The molecule has 0 spiro atoms. The van der Waals surface area contributed by atoms with Crippen LogP contribution in [0.5, 0.6) is 0 Å². The van der Waals surface area contributed by atoms with Gasteiger partial charge in [-0.15, -0.1) is 0 Å². The zero-order valence-electron chi connectivity index (χ0n) is 13.0. The number of aromatic nitrogens is 1. The highest BCUT2D eigenvalue weighted by molar-refractivity contribution is 5.75. The fraction of sp³-hybridized carbons (Fsp3) is 0.533. The Morgan fingerprint density at radius 1 is 1.24 bits per heavy atom. The number of hydrogen-bond donors (Lipinski definition) is 0. The molecule has 0 saturated heterocycles. The first-order valence-electron chi connectivity index (χ1n) is 6.75. The summed E-state index contributed by atoms with van der Waals surface area (Å²) in [6, 6.07) is 5.63. The van der Waals surface area contributed by atoms with E-state index in [1.807, 2.05) is 18.2 Å². The van der Waals surface area contributed by atoms with Gasteiger partial charge in [-0.3, -0.25) is 9.78 Å². The highest BCUT2D eigenvalue weighted by Gasteiger charge is 2.23. The number of carbonyl (C=O) groups is 2. The third-order valence-corrected chi connectivity index (χ3v) is 2.73. The minimum absolute atomic E-state index is 0.372. The molecule has 0 unspecified atom stereocenters. The van der Waals surface area contributed by atoms with Crippen molar-refractivity contribution in [1.82, 2.24) is 9.88 Å². The van der Waals surface area contributed by atoms with Crippen molar-refractivity contribution in [3.63, 3.8) is 0 Å². The molecule has 0 aliphatic heterocycles. The zero-order valence-corrected chi connectivity index (χ0v) is 13.0. The molecule has 116 valence electrons. The number of likely N-dealkylation sites (N-methyl/N-ethyl adjacent to an activating group) is 1. The number of esters is 1. The van der Waals surface area contributed by atoms with Crippen LogP contribution in [0.1, 0.15) is 26.5 Å². The van der Waals surface area contributed by atoms with Gasteiger partial charge < -0.3 is 14.4 Å². The molecule has 0 saturated carbocycles. The van der Waals surface area contributed by atoms with Crippen LogP contribution in [-0.2, 0) is 20.7 Å². The van der Waals surface area contributed by atoms with Crippen LogP contribution in [0.15, 0.2) is 24.4 Å². The second-order valence-corrected chi connectivity index (χ2v) is 5.70. The molecule has 0 aromatic carbocycles. The number of pyridine rings is 1. The van der Waals surface area contributed by atoms with Gasteiger partial charge in [-0.1, -0.05) is 6.07 Å². The molecular formula is C15H22N2O4. The largest absolute Gasteiger partial charge is 0.427 e. The van der Waals surface area contributed by atoms with Crippen molar-refractivity contribution in [2.45, 2.75) is 27.2 Å². The summed E-state index contributed by atoms with van der Waals surface area (Å²) in [5.74, 6) is -0.411. The number of amides is 1. The van der Waals surface area contributed by atoms with Crippen LogP contribution in [0.2, 0.25) is 0 Å². The van der Waals surface area contributed by atoms with Gasteiger partial charge in [-0.2, -0.15) is 0 Å². The monoisotopic (exact) mass is 294 g/mol. The van der Waals surface area contributed by atoms with E-state index >= 15 is 0 Å². The van der Waals surface area contributed by atoms with E-state index in [2.05, 4.69) is 4.98 Å². The second kappa shape index (κ2) is 7.61. The molecule has 21 heavy (non-hydrogen) atoms. The maximum atomic E-state index is 11.7. The molecule has 0 N–H and O–H groups in total. The molecule has 0 aliphatic carbocycles. The van der Waals surface area contributed by atoms with E-state index in [0.29, 0.717) is 13.0 Å². The van der Waals surface area contributed by atoms with Gasteiger partial charge in [0, 0.05) is 31.9 Å². The summed E-state index contributed by atoms with van der Waals surface area (Å²) < 4.78 is 9.75. The predicted molar refractivity (Wildman–Crippen MR) is 77.5 cm³/mol. The molecule has 1 rings (SSSR count). The standard InChI is InChI=1S/C15H22N2O4/c1-15(2,3)13(18)20-11-21-14(19)17(4)10-8-12-7-5-6-9-16-12/h5-7,9H,8,10-11H2,1-4H3. The van der Waals surface area contributed by atoms with Crippen molar-refractivity contribution in [2.75, 3.05) is 20.4 Å². The lowest BCUT2D eigenvalue weighted by Crippen LogP contribution is -2.31. The number of carbonyl (C=O) groups excluding carboxylic acids is 2. The van der Waals surface area contributed by atoms with E-state index in [9.17, 15) is 9.59 Å².